The highest BCUT2D eigenvalue weighted by molar-refractivity contribution is 7.89. The second-order valence-corrected chi connectivity index (χ2v) is 7.12. The topological polar surface area (TPSA) is 94.7 Å². The average molecular weight is 346 g/mol. The number of fused-ring (bicyclic) bond motifs is 1. The average Bonchev–Trinajstić information content (AvgIpc) is 3.03. The largest absolute Gasteiger partial charge is 0.266 e. The molecular formula is C12H16F2N6O2S. The quantitative estimate of drug-likeness (QED) is 0.842. The molecule has 1 atom stereocenters. The molecule has 8 nitrogen and oxygen atoms in total. The molecule has 1 N–H and O–H groups in total. The monoisotopic (exact) mass is 346 g/mol. The number of sulfonamides is 1. The zero-order chi connectivity index (χ0) is 16.6. The highest BCUT2D eigenvalue weighted by Gasteiger charge is 2.26. The normalized spacial score (nSPS) is 18.3. The number of rotatable bonds is 5. The Morgan fingerprint density at radius 1 is 1.48 bits per heavy atom. The van der Waals surface area contributed by atoms with E-state index in [0.717, 1.165) is 22.9 Å². The summed E-state index contributed by atoms with van der Waals surface area (Å²) in [6.45, 7) is 1.53. The molecule has 1 aliphatic rings. The molecule has 0 fully saturated rings. The third-order valence-electron chi connectivity index (χ3n) is 3.53. The van der Waals surface area contributed by atoms with E-state index < -0.39 is 23.0 Å². The number of nitrogens with zero attached hydrogens (tertiary/aromatic N) is 5. The summed E-state index contributed by atoms with van der Waals surface area (Å²) in [5.41, 5.74) is 0. The molecule has 11 heteroatoms. The van der Waals surface area contributed by atoms with Crippen molar-refractivity contribution in [2.24, 2.45) is 0 Å². The second kappa shape index (κ2) is 5.96. The van der Waals surface area contributed by atoms with Gasteiger partial charge in [0.2, 0.25) is 10.0 Å². The van der Waals surface area contributed by atoms with Crippen LogP contribution in [0.15, 0.2) is 17.3 Å². The van der Waals surface area contributed by atoms with Crippen molar-refractivity contribution in [3.05, 3.63) is 24.0 Å². The van der Waals surface area contributed by atoms with Crippen LogP contribution in [-0.2, 0) is 29.5 Å². The van der Waals surface area contributed by atoms with E-state index in [0.29, 0.717) is 25.2 Å². The lowest BCUT2D eigenvalue weighted by Gasteiger charge is -2.23. The predicted molar refractivity (Wildman–Crippen MR) is 75.4 cm³/mol. The van der Waals surface area contributed by atoms with Crippen LogP contribution in [0.1, 0.15) is 18.1 Å². The first-order valence-electron chi connectivity index (χ1n) is 7.07. The molecule has 126 valence electrons. The minimum absolute atomic E-state index is 0.126. The van der Waals surface area contributed by atoms with Crippen molar-refractivity contribution in [3.63, 3.8) is 0 Å². The van der Waals surface area contributed by atoms with Crippen LogP contribution in [0.2, 0.25) is 0 Å². The van der Waals surface area contributed by atoms with E-state index in [2.05, 4.69) is 19.9 Å². The molecule has 0 saturated heterocycles. The number of aromatic nitrogens is 5. The van der Waals surface area contributed by atoms with Crippen molar-refractivity contribution < 1.29 is 17.2 Å². The zero-order valence-corrected chi connectivity index (χ0v) is 13.2. The lowest BCUT2D eigenvalue weighted by atomic mass is 10.1. The highest BCUT2D eigenvalue weighted by atomic mass is 32.2. The third-order valence-corrected chi connectivity index (χ3v) is 5.01. The first-order chi connectivity index (χ1) is 10.8. The van der Waals surface area contributed by atoms with Gasteiger partial charge in [0.1, 0.15) is 23.1 Å². The van der Waals surface area contributed by atoms with E-state index in [9.17, 15) is 17.2 Å². The molecule has 1 aliphatic heterocycles. The van der Waals surface area contributed by atoms with Crippen molar-refractivity contribution in [1.29, 1.82) is 0 Å². The summed E-state index contributed by atoms with van der Waals surface area (Å²) in [6.07, 6.45) is 0.799. The van der Waals surface area contributed by atoms with Gasteiger partial charge in [-0.3, -0.25) is 4.68 Å². The Balaban J connectivity index is 1.70. The van der Waals surface area contributed by atoms with Gasteiger partial charge in [-0.15, -0.1) is 0 Å². The van der Waals surface area contributed by atoms with Crippen molar-refractivity contribution in [2.75, 3.05) is 0 Å². The van der Waals surface area contributed by atoms with Crippen LogP contribution in [0.25, 0.3) is 0 Å². The second-order valence-electron chi connectivity index (χ2n) is 5.40. The van der Waals surface area contributed by atoms with Crippen LogP contribution >= 0.6 is 0 Å². The Hall–Kier alpha value is -1.88. The fourth-order valence-corrected chi connectivity index (χ4v) is 3.76. The van der Waals surface area contributed by atoms with E-state index in [-0.39, 0.29) is 10.9 Å². The maximum Gasteiger partial charge on any atom is 0.257 e. The molecule has 2 aromatic heterocycles. The summed E-state index contributed by atoms with van der Waals surface area (Å²) >= 11 is 0. The van der Waals surface area contributed by atoms with Crippen LogP contribution in [-0.4, -0.2) is 45.4 Å². The van der Waals surface area contributed by atoms with Crippen LogP contribution < -0.4 is 4.72 Å². The number of nitrogens with one attached hydrogen (secondary N) is 1. The van der Waals surface area contributed by atoms with Gasteiger partial charge in [-0.05, 0) is 13.3 Å². The number of hydrogen-bond acceptors (Lipinski definition) is 5. The van der Waals surface area contributed by atoms with Gasteiger partial charge in [0.05, 0.1) is 12.7 Å². The first kappa shape index (κ1) is 16.0. The SMILES string of the molecule is Cc1nc2n(n1)C[C@@H](NS(=O)(=O)c1cnn(CC(F)F)c1)CC2. The van der Waals surface area contributed by atoms with Crippen molar-refractivity contribution >= 4 is 10.0 Å². The van der Waals surface area contributed by atoms with E-state index in [1.165, 1.54) is 0 Å². The maximum absolute atomic E-state index is 12.3. The van der Waals surface area contributed by atoms with Gasteiger partial charge in [-0.2, -0.15) is 10.2 Å². The molecule has 2 aromatic rings. The molecule has 0 saturated carbocycles. The first-order valence-corrected chi connectivity index (χ1v) is 8.55. The van der Waals surface area contributed by atoms with Gasteiger partial charge in [-0.1, -0.05) is 0 Å². The molecule has 0 aliphatic carbocycles. The van der Waals surface area contributed by atoms with E-state index >= 15 is 0 Å². The fraction of sp³-hybridized carbons (Fsp3) is 0.583. The Bertz CT molecular complexity index is 800. The van der Waals surface area contributed by atoms with Gasteiger partial charge in [0, 0.05) is 18.7 Å². The van der Waals surface area contributed by atoms with Crippen molar-refractivity contribution in [3.8, 4) is 0 Å². The summed E-state index contributed by atoms with van der Waals surface area (Å²) in [5.74, 6) is 1.49. The van der Waals surface area contributed by atoms with E-state index in [1.807, 2.05) is 0 Å². The van der Waals surface area contributed by atoms with E-state index in [4.69, 9.17) is 0 Å². The van der Waals surface area contributed by atoms with Crippen LogP contribution in [0, 0.1) is 6.92 Å². The van der Waals surface area contributed by atoms with Crippen molar-refractivity contribution in [1.82, 2.24) is 29.3 Å². The molecule has 3 heterocycles. The lowest BCUT2D eigenvalue weighted by molar-refractivity contribution is 0.121. The summed E-state index contributed by atoms with van der Waals surface area (Å²) in [4.78, 5) is 4.14. The molecule has 0 amide bonds. The molecule has 0 spiro atoms. The summed E-state index contributed by atoms with van der Waals surface area (Å²) in [6, 6.07) is -0.327. The van der Waals surface area contributed by atoms with Gasteiger partial charge in [0.15, 0.2) is 0 Å². The Morgan fingerprint density at radius 3 is 3.00 bits per heavy atom. The van der Waals surface area contributed by atoms with Gasteiger partial charge >= 0.3 is 0 Å². The van der Waals surface area contributed by atoms with Gasteiger partial charge in [-0.25, -0.2) is 31.6 Å². The summed E-state index contributed by atoms with van der Waals surface area (Å²) < 4.78 is 54.4. The van der Waals surface area contributed by atoms with Crippen LogP contribution in [0.4, 0.5) is 8.78 Å². The Kier molecular flexibility index (Phi) is 4.15. The smallest absolute Gasteiger partial charge is 0.257 e. The van der Waals surface area contributed by atoms with Crippen LogP contribution in [0.5, 0.6) is 0 Å². The van der Waals surface area contributed by atoms with E-state index in [1.54, 1.807) is 11.6 Å². The molecular weight excluding hydrogens is 330 g/mol. The molecule has 0 radical (unpaired) electrons. The minimum Gasteiger partial charge on any atom is -0.266 e. The molecule has 0 unspecified atom stereocenters. The molecule has 0 aromatic carbocycles. The molecule has 23 heavy (non-hydrogen) atoms. The molecule has 3 rings (SSSR count). The van der Waals surface area contributed by atoms with Gasteiger partial charge < -0.3 is 0 Å². The summed E-state index contributed by atoms with van der Waals surface area (Å²) in [7, 11) is -3.81. The number of aryl methyl sites for hydroxylation is 2. The standard InChI is InChI=1S/C12H16F2N6O2S/c1-8-16-12-3-2-9(5-20(12)17-8)18-23(21,22)10-4-15-19(6-10)7-11(13)14/h4,6,9,11,18H,2-3,5,7H2,1H3/t9-/m0/s1. The Morgan fingerprint density at radius 2 is 2.26 bits per heavy atom. The number of alkyl halides is 2. The third kappa shape index (κ3) is 3.55. The van der Waals surface area contributed by atoms with Crippen LogP contribution in [0.3, 0.4) is 0 Å². The lowest BCUT2D eigenvalue weighted by Crippen LogP contribution is -2.41. The fourth-order valence-electron chi connectivity index (χ4n) is 2.54. The molecule has 0 bridgehead atoms. The maximum atomic E-state index is 12.3. The zero-order valence-electron chi connectivity index (χ0n) is 12.4. The Labute approximate surface area is 131 Å². The summed E-state index contributed by atoms with van der Waals surface area (Å²) in [5, 5.41) is 7.86. The van der Waals surface area contributed by atoms with Gasteiger partial charge in [0.25, 0.3) is 6.43 Å². The number of hydrogen-bond donors (Lipinski definition) is 1. The minimum atomic E-state index is -3.81. The number of halogens is 2. The highest BCUT2D eigenvalue weighted by Crippen LogP contribution is 2.16. The van der Waals surface area contributed by atoms with Crippen molar-refractivity contribution in [2.45, 2.75) is 50.2 Å². The predicted octanol–water partition coefficient (Wildman–Crippen LogP) is 0.341.